The molecule has 0 bridgehead atoms. The van der Waals surface area contributed by atoms with E-state index in [9.17, 15) is 0 Å². The van der Waals surface area contributed by atoms with E-state index in [1.54, 1.807) is 0 Å². The van der Waals surface area contributed by atoms with E-state index >= 15 is 0 Å². The third-order valence-electron chi connectivity index (χ3n) is 2.54. The van der Waals surface area contributed by atoms with E-state index in [4.69, 9.17) is 5.41 Å². The van der Waals surface area contributed by atoms with Gasteiger partial charge in [0.25, 0.3) is 0 Å². The van der Waals surface area contributed by atoms with Gasteiger partial charge in [-0.25, -0.2) is 0 Å². The van der Waals surface area contributed by atoms with Crippen LogP contribution >= 0.6 is 0 Å². The van der Waals surface area contributed by atoms with Crippen molar-refractivity contribution < 1.29 is 51.4 Å². The van der Waals surface area contributed by atoms with E-state index in [1.807, 2.05) is 58.1 Å². The normalized spacial score (nSPS) is 12.5. The molecule has 0 saturated heterocycles. The van der Waals surface area contributed by atoms with Crippen LogP contribution in [0.3, 0.4) is 0 Å². The van der Waals surface area contributed by atoms with Gasteiger partial charge < -0.3 is 12.8 Å². The molecule has 20 heavy (non-hydrogen) atoms. The molecule has 0 radical (unpaired) electrons. The molecule has 0 rings (SSSR count). The van der Waals surface area contributed by atoms with Crippen LogP contribution in [-0.4, -0.2) is 6.21 Å². The number of hydrogen-bond acceptors (Lipinski definition) is 1. The molecule has 0 amide bonds. The summed E-state index contributed by atoms with van der Waals surface area (Å²) in [6.07, 6.45) is 11.2. The van der Waals surface area contributed by atoms with Gasteiger partial charge in [0.1, 0.15) is 0 Å². The Morgan fingerprint density at radius 3 is 1.80 bits per heavy atom. The fourth-order valence-electron chi connectivity index (χ4n) is 1.48. The maximum atomic E-state index is 7.34. The molecule has 0 fully saturated rings. The maximum absolute atomic E-state index is 7.34. The average Bonchev–Trinajstić information content (AvgIpc) is 2.33. The van der Waals surface area contributed by atoms with Gasteiger partial charge in [0.05, 0.1) is 0 Å². The Balaban J connectivity index is -0.00000144. The van der Waals surface area contributed by atoms with Crippen molar-refractivity contribution in [2.24, 2.45) is 0 Å². The summed E-state index contributed by atoms with van der Waals surface area (Å²) in [6, 6.07) is 0. The largest absolute Gasteiger partial charge is 1.00 e. The van der Waals surface area contributed by atoms with Crippen molar-refractivity contribution in [2.75, 3.05) is 0 Å². The summed E-state index contributed by atoms with van der Waals surface area (Å²) < 4.78 is 0. The molecule has 0 unspecified atom stereocenters. The standard InChI is InChI=1S/C17H23N.CH3.K/c1-7-16(17(8-2)12-18)10-9-14(5)15(6)11-13(3)4;;/h7-12,18H,3,5H2,1-2,4,6H3;1H3;/q;-1;+1/b10-9-,15-11+,16-7+,17-8+,18-12?;;. The summed E-state index contributed by atoms with van der Waals surface area (Å²) in [4.78, 5) is 0. The quantitative estimate of drug-likeness (QED) is 0.337. The molecule has 104 valence electrons. The maximum Gasteiger partial charge on any atom is 1.00 e. The molecule has 0 heterocycles. The van der Waals surface area contributed by atoms with E-state index in [-0.39, 0.29) is 58.8 Å². The van der Waals surface area contributed by atoms with Crippen molar-refractivity contribution in [1.29, 1.82) is 5.41 Å². The molecule has 0 aromatic heterocycles. The Kier molecular flexibility index (Phi) is 17.0. The Labute approximate surface area is 167 Å². The third-order valence-corrected chi connectivity index (χ3v) is 2.54. The van der Waals surface area contributed by atoms with Gasteiger partial charge in [-0.05, 0) is 50.0 Å². The van der Waals surface area contributed by atoms with Gasteiger partial charge in [-0.15, -0.1) is 0 Å². The predicted molar refractivity (Wildman–Crippen MR) is 89.6 cm³/mol. The summed E-state index contributed by atoms with van der Waals surface area (Å²) in [7, 11) is 0. The first-order valence-corrected chi connectivity index (χ1v) is 6.00. The van der Waals surface area contributed by atoms with Crippen molar-refractivity contribution in [1.82, 2.24) is 0 Å². The van der Waals surface area contributed by atoms with Crippen molar-refractivity contribution >= 4 is 6.21 Å². The van der Waals surface area contributed by atoms with Gasteiger partial charge >= 0.3 is 51.4 Å². The van der Waals surface area contributed by atoms with Gasteiger partial charge in [-0.3, -0.25) is 0 Å². The number of hydrogen-bond donors (Lipinski definition) is 1. The Morgan fingerprint density at radius 2 is 1.45 bits per heavy atom. The van der Waals surface area contributed by atoms with Crippen LogP contribution in [0.4, 0.5) is 0 Å². The van der Waals surface area contributed by atoms with Crippen molar-refractivity contribution in [3.05, 3.63) is 78.8 Å². The molecule has 1 N–H and O–H groups in total. The minimum Gasteiger partial charge on any atom is -0.358 e. The first kappa shape index (κ1) is 24.7. The summed E-state index contributed by atoms with van der Waals surface area (Å²) in [5.74, 6) is 0. The van der Waals surface area contributed by atoms with Crippen LogP contribution in [0.25, 0.3) is 0 Å². The summed E-state index contributed by atoms with van der Waals surface area (Å²) >= 11 is 0. The van der Waals surface area contributed by atoms with E-state index in [0.717, 1.165) is 27.9 Å². The van der Waals surface area contributed by atoms with Crippen molar-refractivity contribution in [3.63, 3.8) is 0 Å². The SMILES string of the molecule is C=C(C)/C=C(\C)C(=C)\C=C/C(=C\C)C(/C=N)=C/C.[CH3-].[K+]. The summed E-state index contributed by atoms with van der Waals surface area (Å²) in [5.41, 5.74) is 5.01. The molecule has 2 heteroatoms. The molecule has 0 aliphatic rings. The number of allylic oxidation sites excluding steroid dienone is 10. The molecule has 0 aromatic rings. The zero-order valence-electron chi connectivity index (χ0n) is 13.9. The van der Waals surface area contributed by atoms with Crippen molar-refractivity contribution in [3.8, 4) is 0 Å². The van der Waals surface area contributed by atoms with Crippen LogP contribution in [0.15, 0.2) is 71.4 Å². The molecular weight excluding hydrogens is 269 g/mol. The Morgan fingerprint density at radius 1 is 0.950 bits per heavy atom. The third kappa shape index (κ3) is 9.62. The second-order valence-corrected chi connectivity index (χ2v) is 4.16. The Hall–Kier alpha value is -0.254. The van der Waals surface area contributed by atoms with E-state index < -0.39 is 0 Å². The summed E-state index contributed by atoms with van der Waals surface area (Å²) in [6.45, 7) is 15.8. The van der Waals surface area contributed by atoms with Crippen LogP contribution in [0.2, 0.25) is 0 Å². The zero-order valence-corrected chi connectivity index (χ0v) is 17.0. The topological polar surface area (TPSA) is 23.9 Å². The molecule has 0 aliphatic carbocycles. The van der Waals surface area contributed by atoms with Gasteiger partial charge in [0.2, 0.25) is 0 Å². The van der Waals surface area contributed by atoms with Crippen LogP contribution in [0.1, 0.15) is 27.7 Å². The van der Waals surface area contributed by atoms with Crippen LogP contribution in [0, 0.1) is 12.8 Å². The van der Waals surface area contributed by atoms with Gasteiger partial charge in [-0.1, -0.05) is 49.1 Å². The second-order valence-electron chi connectivity index (χ2n) is 4.16. The number of nitrogens with one attached hydrogen (secondary N) is 1. The zero-order chi connectivity index (χ0) is 14.1. The van der Waals surface area contributed by atoms with Crippen LogP contribution in [-0.2, 0) is 0 Å². The first-order chi connectivity index (χ1) is 8.46. The van der Waals surface area contributed by atoms with Gasteiger partial charge in [0, 0.05) is 6.21 Å². The molecule has 0 saturated carbocycles. The van der Waals surface area contributed by atoms with E-state index in [0.29, 0.717) is 0 Å². The van der Waals surface area contributed by atoms with Crippen LogP contribution < -0.4 is 51.4 Å². The van der Waals surface area contributed by atoms with Gasteiger partial charge in [-0.2, -0.15) is 0 Å². The average molecular weight is 296 g/mol. The van der Waals surface area contributed by atoms with E-state index in [2.05, 4.69) is 13.2 Å². The smallest absolute Gasteiger partial charge is 0.358 e. The minimum atomic E-state index is 0. The fourth-order valence-corrected chi connectivity index (χ4v) is 1.48. The van der Waals surface area contributed by atoms with Crippen molar-refractivity contribution in [2.45, 2.75) is 27.7 Å². The van der Waals surface area contributed by atoms with Gasteiger partial charge in [0.15, 0.2) is 0 Å². The minimum absolute atomic E-state index is 0. The molecule has 0 atom stereocenters. The monoisotopic (exact) mass is 295 g/mol. The summed E-state index contributed by atoms with van der Waals surface area (Å²) in [5, 5.41) is 7.34. The molecule has 0 aliphatic heterocycles. The predicted octanol–water partition coefficient (Wildman–Crippen LogP) is 2.62. The number of rotatable bonds is 6. The molecule has 0 aromatic carbocycles. The molecule has 1 nitrogen and oxygen atoms in total. The van der Waals surface area contributed by atoms with E-state index in [1.165, 1.54) is 6.21 Å². The first-order valence-electron chi connectivity index (χ1n) is 6.00. The molecular formula is C18H26KN. The second kappa shape index (κ2) is 13.7. The molecule has 0 spiro atoms. The van der Waals surface area contributed by atoms with Crippen LogP contribution in [0.5, 0.6) is 0 Å². The fraction of sp³-hybridized carbons (Fsp3) is 0.222. The Bertz CT molecular complexity index is 460.